The van der Waals surface area contributed by atoms with Crippen molar-refractivity contribution in [3.05, 3.63) is 59.2 Å². The van der Waals surface area contributed by atoms with Gasteiger partial charge < -0.3 is 4.90 Å². The predicted octanol–water partition coefficient (Wildman–Crippen LogP) is 4.48. The van der Waals surface area contributed by atoms with Crippen LogP contribution >= 0.6 is 0 Å². The number of hydrogen-bond acceptors (Lipinski definition) is 3. The van der Waals surface area contributed by atoms with Gasteiger partial charge in [-0.3, -0.25) is 4.90 Å². The number of nitriles is 1. The van der Waals surface area contributed by atoms with Crippen molar-refractivity contribution in [1.82, 2.24) is 4.90 Å². The molecule has 1 atom stereocenters. The van der Waals surface area contributed by atoms with Gasteiger partial charge in [0.05, 0.1) is 11.6 Å². The number of nitrogens with zero attached hydrogens (tertiary/aromatic N) is 3. The first kappa shape index (κ1) is 16.2. The Balaban J connectivity index is 1.55. The number of benzene rings is 2. The van der Waals surface area contributed by atoms with Crippen LogP contribution in [0.5, 0.6) is 0 Å². The zero-order chi connectivity index (χ0) is 17.4. The van der Waals surface area contributed by atoms with E-state index in [4.69, 9.17) is 5.26 Å². The maximum atomic E-state index is 8.96. The van der Waals surface area contributed by atoms with E-state index in [1.165, 1.54) is 36.2 Å². The van der Waals surface area contributed by atoms with Crippen molar-refractivity contribution < 1.29 is 0 Å². The fraction of sp³-hybridized carbons (Fsp3) is 0.409. The molecule has 3 nitrogen and oxygen atoms in total. The number of fused-ring (bicyclic) bond motifs is 1. The predicted molar refractivity (Wildman–Crippen MR) is 102 cm³/mol. The lowest BCUT2D eigenvalue weighted by Crippen LogP contribution is -2.38. The van der Waals surface area contributed by atoms with E-state index in [-0.39, 0.29) is 0 Å². The molecule has 2 aromatic rings. The molecule has 0 saturated heterocycles. The first-order valence-electron chi connectivity index (χ1n) is 9.25. The first-order chi connectivity index (χ1) is 12.2. The summed E-state index contributed by atoms with van der Waals surface area (Å²) < 4.78 is 0. The Bertz CT molecular complexity index is 799. The average Bonchev–Trinajstić information content (AvgIpc) is 3.51. The molecule has 2 aromatic carbocycles. The Hall–Kier alpha value is -2.31. The minimum absolute atomic E-state index is 0.701. The Morgan fingerprint density at radius 2 is 1.80 bits per heavy atom. The van der Waals surface area contributed by atoms with E-state index in [1.807, 2.05) is 24.3 Å². The summed E-state index contributed by atoms with van der Waals surface area (Å²) in [6.45, 7) is 4.66. The summed E-state index contributed by atoms with van der Waals surface area (Å²) in [7, 11) is 2.09. The smallest absolute Gasteiger partial charge is 0.0991 e. The van der Waals surface area contributed by atoms with Crippen LogP contribution < -0.4 is 4.90 Å². The lowest BCUT2D eigenvalue weighted by molar-refractivity contribution is 0.172. The third kappa shape index (κ3) is 3.27. The van der Waals surface area contributed by atoms with Crippen LogP contribution in [0.15, 0.2) is 42.5 Å². The van der Waals surface area contributed by atoms with Gasteiger partial charge >= 0.3 is 0 Å². The zero-order valence-electron chi connectivity index (χ0n) is 15.1. The van der Waals surface area contributed by atoms with E-state index in [2.05, 4.69) is 48.0 Å². The van der Waals surface area contributed by atoms with Crippen molar-refractivity contribution in [3.63, 3.8) is 0 Å². The second-order valence-electron chi connectivity index (χ2n) is 7.47. The van der Waals surface area contributed by atoms with Crippen molar-refractivity contribution in [3.8, 4) is 6.07 Å². The molecular formula is C22H25N3. The summed E-state index contributed by atoms with van der Waals surface area (Å²) in [5, 5.41) is 8.96. The van der Waals surface area contributed by atoms with Gasteiger partial charge in [-0.15, -0.1) is 0 Å². The van der Waals surface area contributed by atoms with E-state index in [1.54, 1.807) is 0 Å². The van der Waals surface area contributed by atoms with E-state index < -0.39 is 0 Å². The fourth-order valence-corrected chi connectivity index (χ4v) is 3.91. The van der Waals surface area contributed by atoms with Crippen LogP contribution in [0.1, 0.15) is 36.5 Å². The number of anilines is 2. The highest BCUT2D eigenvalue weighted by molar-refractivity contribution is 5.64. The molecule has 128 valence electrons. The van der Waals surface area contributed by atoms with E-state index in [0.717, 1.165) is 24.6 Å². The normalized spacial score (nSPS) is 18.3. The van der Waals surface area contributed by atoms with Gasteiger partial charge in [-0.25, -0.2) is 0 Å². The molecule has 0 bridgehead atoms. The Kier molecular flexibility index (Phi) is 4.23. The van der Waals surface area contributed by atoms with Crippen molar-refractivity contribution in [2.45, 2.75) is 38.8 Å². The fourth-order valence-electron chi connectivity index (χ4n) is 3.91. The SMILES string of the molecule is CC(C1CC1)N1CCc2ccc(N(C)c3ccc(C#N)cc3)cc2C1. The van der Waals surface area contributed by atoms with Gasteiger partial charge in [-0.05, 0) is 79.6 Å². The van der Waals surface area contributed by atoms with Gasteiger partial charge in [0.2, 0.25) is 0 Å². The molecule has 4 rings (SSSR count). The van der Waals surface area contributed by atoms with E-state index in [0.29, 0.717) is 11.6 Å². The lowest BCUT2D eigenvalue weighted by atomic mass is 9.97. The van der Waals surface area contributed by atoms with Gasteiger partial charge in [0.15, 0.2) is 0 Å². The van der Waals surface area contributed by atoms with Crippen LogP contribution in [0.25, 0.3) is 0 Å². The summed E-state index contributed by atoms with van der Waals surface area (Å²) in [5.74, 6) is 0.922. The summed E-state index contributed by atoms with van der Waals surface area (Å²) >= 11 is 0. The third-order valence-electron chi connectivity index (χ3n) is 5.88. The highest BCUT2D eigenvalue weighted by Gasteiger charge is 2.33. The molecule has 0 aromatic heterocycles. The molecule has 0 amide bonds. The molecular weight excluding hydrogens is 306 g/mol. The van der Waals surface area contributed by atoms with E-state index in [9.17, 15) is 0 Å². The van der Waals surface area contributed by atoms with Crippen LogP contribution in [0.3, 0.4) is 0 Å². The van der Waals surface area contributed by atoms with Gasteiger partial charge in [0.25, 0.3) is 0 Å². The van der Waals surface area contributed by atoms with Gasteiger partial charge in [0, 0.05) is 37.6 Å². The quantitative estimate of drug-likeness (QED) is 0.827. The Morgan fingerprint density at radius 3 is 2.48 bits per heavy atom. The summed E-state index contributed by atoms with van der Waals surface area (Å²) in [5.41, 5.74) is 5.99. The number of hydrogen-bond donors (Lipinski definition) is 0. The van der Waals surface area contributed by atoms with Gasteiger partial charge in [-0.1, -0.05) is 6.07 Å². The van der Waals surface area contributed by atoms with Crippen molar-refractivity contribution in [2.75, 3.05) is 18.5 Å². The molecule has 1 saturated carbocycles. The van der Waals surface area contributed by atoms with Crippen molar-refractivity contribution in [2.24, 2.45) is 5.92 Å². The molecule has 0 radical (unpaired) electrons. The monoisotopic (exact) mass is 331 g/mol. The largest absolute Gasteiger partial charge is 0.345 e. The third-order valence-corrected chi connectivity index (χ3v) is 5.88. The maximum absolute atomic E-state index is 8.96. The zero-order valence-corrected chi connectivity index (χ0v) is 15.1. The molecule has 1 aliphatic carbocycles. The summed E-state index contributed by atoms with van der Waals surface area (Å²) in [6, 6.07) is 17.5. The Morgan fingerprint density at radius 1 is 1.08 bits per heavy atom. The van der Waals surface area contributed by atoms with Crippen molar-refractivity contribution >= 4 is 11.4 Å². The van der Waals surface area contributed by atoms with Crippen LogP contribution in [0.4, 0.5) is 11.4 Å². The van der Waals surface area contributed by atoms with E-state index >= 15 is 0 Å². The average molecular weight is 331 g/mol. The molecule has 1 aliphatic heterocycles. The van der Waals surface area contributed by atoms with Crippen LogP contribution in [0, 0.1) is 17.2 Å². The van der Waals surface area contributed by atoms with Crippen LogP contribution in [-0.4, -0.2) is 24.5 Å². The molecule has 2 aliphatic rings. The highest BCUT2D eigenvalue weighted by atomic mass is 15.2. The lowest BCUT2D eigenvalue weighted by Gasteiger charge is -2.34. The molecule has 1 heterocycles. The van der Waals surface area contributed by atoms with Crippen molar-refractivity contribution in [1.29, 1.82) is 5.26 Å². The molecule has 3 heteroatoms. The van der Waals surface area contributed by atoms with Crippen LogP contribution in [0.2, 0.25) is 0 Å². The minimum Gasteiger partial charge on any atom is -0.345 e. The van der Waals surface area contributed by atoms with Gasteiger partial charge in [-0.2, -0.15) is 5.26 Å². The minimum atomic E-state index is 0.701. The summed E-state index contributed by atoms with van der Waals surface area (Å²) in [6.07, 6.45) is 3.98. The molecule has 1 unspecified atom stereocenters. The molecule has 1 fully saturated rings. The molecule has 25 heavy (non-hydrogen) atoms. The summed E-state index contributed by atoms with van der Waals surface area (Å²) in [4.78, 5) is 4.86. The maximum Gasteiger partial charge on any atom is 0.0991 e. The molecule has 0 spiro atoms. The standard InChI is InChI=1S/C22H25N3/c1-16(18-5-6-18)25-12-11-19-7-10-22(13-20(19)15-25)24(2)21-8-3-17(14-23)4-9-21/h3-4,7-10,13,16,18H,5-6,11-12,15H2,1-2H3. The second kappa shape index (κ2) is 6.54. The highest BCUT2D eigenvalue weighted by Crippen LogP contribution is 2.37. The second-order valence-corrected chi connectivity index (χ2v) is 7.47. The first-order valence-corrected chi connectivity index (χ1v) is 9.25. The Labute approximate surface area is 150 Å². The topological polar surface area (TPSA) is 30.3 Å². The number of rotatable bonds is 4. The van der Waals surface area contributed by atoms with Gasteiger partial charge in [0.1, 0.15) is 0 Å². The van der Waals surface area contributed by atoms with Crippen LogP contribution in [-0.2, 0) is 13.0 Å². The molecule has 0 N–H and O–H groups in total.